The molecule has 0 aliphatic carbocycles. The van der Waals surface area contributed by atoms with E-state index in [-0.39, 0.29) is 5.82 Å². The van der Waals surface area contributed by atoms with Crippen molar-refractivity contribution in [2.75, 3.05) is 32.1 Å². The van der Waals surface area contributed by atoms with Crippen molar-refractivity contribution in [1.82, 2.24) is 24.6 Å². The second kappa shape index (κ2) is 6.40. The molecule has 0 unspecified atom stereocenters. The molecule has 1 aliphatic heterocycles. The molecule has 130 valence electrons. The monoisotopic (exact) mass is 340 g/mol. The average Bonchev–Trinajstić information content (AvgIpc) is 3.06. The number of piperidine rings is 1. The molecule has 0 saturated carbocycles. The summed E-state index contributed by atoms with van der Waals surface area (Å²) in [6, 6.07) is 6.81. The Morgan fingerprint density at radius 3 is 2.76 bits per heavy atom. The van der Waals surface area contributed by atoms with Crippen molar-refractivity contribution in [1.29, 1.82) is 0 Å². The maximum Gasteiger partial charge on any atom is 0.168 e. The number of fused-ring (bicyclic) bond motifs is 1. The third-order valence-electron chi connectivity index (χ3n) is 4.97. The highest BCUT2D eigenvalue weighted by Gasteiger charge is 2.24. The Kier molecular flexibility index (Phi) is 4.09. The van der Waals surface area contributed by atoms with Gasteiger partial charge in [-0.25, -0.2) is 19.0 Å². The van der Waals surface area contributed by atoms with Crippen LogP contribution < -0.4 is 4.90 Å². The lowest BCUT2D eigenvalue weighted by atomic mass is 10.0. The quantitative estimate of drug-likeness (QED) is 0.733. The molecule has 6 nitrogen and oxygen atoms in total. The van der Waals surface area contributed by atoms with Crippen molar-refractivity contribution < 1.29 is 4.39 Å². The summed E-state index contributed by atoms with van der Waals surface area (Å²) in [5.41, 5.74) is 1.34. The van der Waals surface area contributed by atoms with Crippen LogP contribution in [0.3, 0.4) is 0 Å². The van der Waals surface area contributed by atoms with Gasteiger partial charge >= 0.3 is 0 Å². The van der Waals surface area contributed by atoms with Crippen LogP contribution in [0.5, 0.6) is 0 Å². The molecule has 4 rings (SSSR count). The van der Waals surface area contributed by atoms with Gasteiger partial charge in [-0.1, -0.05) is 6.07 Å². The molecule has 1 aliphatic rings. The molecule has 2 aromatic heterocycles. The minimum Gasteiger partial charge on any atom is -0.356 e. The van der Waals surface area contributed by atoms with E-state index in [1.807, 2.05) is 6.07 Å². The largest absolute Gasteiger partial charge is 0.356 e. The molecule has 0 amide bonds. The van der Waals surface area contributed by atoms with Gasteiger partial charge in [0.25, 0.3) is 0 Å². The van der Waals surface area contributed by atoms with E-state index >= 15 is 0 Å². The molecule has 0 radical (unpaired) electrons. The van der Waals surface area contributed by atoms with E-state index in [1.165, 1.54) is 12.1 Å². The Labute approximate surface area is 145 Å². The number of anilines is 1. The Hall–Kier alpha value is -2.54. The first-order chi connectivity index (χ1) is 12.1. The Balaban J connectivity index is 1.72. The van der Waals surface area contributed by atoms with E-state index in [0.717, 1.165) is 37.1 Å². The lowest BCUT2D eigenvalue weighted by Gasteiger charge is -2.35. The van der Waals surface area contributed by atoms with E-state index in [9.17, 15) is 4.39 Å². The third-order valence-corrected chi connectivity index (χ3v) is 4.97. The van der Waals surface area contributed by atoms with Gasteiger partial charge in [-0.05, 0) is 51.2 Å². The highest BCUT2D eigenvalue weighted by molar-refractivity contribution is 5.87. The Morgan fingerprint density at radius 2 is 2.00 bits per heavy atom. The van der Waals surface area contributed by atoms with Gasteiger partial charge in [-0.15, -0.1) is 0 Å². The molecule has 1 fully saturated rings. The predicted molar refractivity (Wildman–Crippen MR) is 95.5 cm³/mol. The number of aromatic nitrogens is 4. The molecule has 1 aromatic carbocycles. The molecule has 0 bridgehead atoms. The van der Waals surface area contributed by atoms with Crippen LogP contribution >= 0.6 is 0 Å². The summed E-state index contributed by atoms with van der Waals surface area (Å²) in [4.78, 5) is 13.5. The summed E-state index contributed by atoms with van der Waals surface area (Å²) >= 11 is 0. The number of halogens is 1. The summed E-state index contributed by atoms with van der Waals surface area (Å²) in [7, 11) is 4.24. The average molecular weight is 340 g/mol. The molecule has 1 saturated heterocycles. The van der Waals surface area contributed by atoms with Crippen LogP contribution in [0.4, 0.5) is 10.2 Å². The van der Waals surface area contributed by atoms with Crippen LogP contribution in [-0.2, 0) is 0 Å². The molecular weight excluding hydrogens is 319 g/mol. The van der Waals surface area contributed by atoms with Gasteiger partial charge in [0, 0.05) is 13.1 Å². The van der Waals surface area contributed by atoms with Crippen LogP contribution in [-0.4, -0.2) is 57.9 Å². The number of rotatable bonds is 3. The highest BCUT2D eigenvalue weighted by atomic mass is 19.1. The van der Waals surface area contributed by atoms with E-state index in [1.54, 1.807) is 23.3 Å². The first kappa shape index (κ1) is 16.0. The third kappa shape index (κ3) is 2.95. The van der Waals surface area contributed by atoms with Gasteiger partial charge in [-0.3, -0.25) is 0 Å². The van der Waals surface area contributed by atoms with E-state index in [0.29, 0.717) is 17.4 Å². The van der Waals surface area contributed by atoms with Crippen molar-refractivity contribution in [3.63, 3.8) is 0 Å². The van der Waals surface area contributed by atoms with Crippen molar-refractivity contribution in [3.05, 3.63) is 42.6 Å². The molecule has 3 heterocycles. The minimum absolute atomic E-state index is 0.293. The van der Waals surface area contributed by atoms with Crippen LogP contribution in [0, 0.1) is 5.82 Å². The first-order valence-electron chi connectivity index (χ1n) is 8.49. The normalized spacial score (nSPS) is 16.4. The molecule has 25 heavy (non-hydrogen) atoms. The van der Waals surface area contributed by atoms with Crippen LogP contribution in [0.15, 0.2) is 36.8 Å². The predicted octanol–water partition coefficient (Wildman–Crippen LogP) is 2.49. The lowest BCUT2D eigenvalue weighted by molar-refractivity contribution is 0.252. The number of hydrogen-bond donors (Lipinski definition) is 0. The van der Waals surface area contributed by atoms with E-state index in [2.05, 4.69) is 39.0 Å². The van der Waals surface area contributed by atoms with Crippen molar-refractivity contribution >= 4 is 16.9 Å². The van der Waals surface area contributed by atoms with Crippen molar-refractivity contribution in [3.8, 4) is 5.69 Å². The fourth-order valence-corrected chi connectivity index (χ4v) is 3.46. The molecule has 0 N–H and O–H groups in total. The Bertz CT molecular complexity index is 884. The summed E-state index contributed by atoms with van der Waals surface area (Å²) in [6.07, 6.45) is 5.54. The standard InChI is InChI=1S/C18H21FN6/c1-23-8-6-14(7-9-23)24(2)17-16-11-22-25(18(16)21-12-20-17)15-5-3-4-13(19)10-15/h3-5,10-12,14H,6-9H2,1-2H3. The van der Waals surface area contributed by atoms with Crippen molar-refractivity contribution in [2.24, 2.45) is 0 Å². The summed E-state index contributed by atoms with van der Waals surface area (Å²) in [6.45, 7) is 2.18. The van der Waals surface area contributed by atoms with Crippen LogP contribution in [0.2, 0.25) is 0 Å². The maximum atomic E-state index is 13.6. The zero-order chi connectivity index (χ0) is 17.4. The van der Waals surface area contributed by atoms with Gasteiger partial charge in [0.1, 0.15) is 18.0 Å². The van der Waals surface area contributed by atoms with E-state index < -0.39 is 0 Å². The van der Waals surface area contributed by atoms with Gasteiger partial charge in [0.05, 0.1) is 17.3 Å². The maximum absolute atomic E-state index is 13.6. The molecule has 7 heteroatoms. The number of benzene rings is 1. The van der Waals surface area contributed by atoms with Gasteiger partial charge < -0.3 is 9.80 Å². The summed E-state index contributed by atoms with van der Waals surface area (Å²) in [5.74, 6) is 0.584. The van der Waals surface area contributed by atoms with Gasteiger partial charge in [-0.2, -0.15) is 5.10 Å². The molecular formula is C18H21FN6. The topological polar surface area (TPSA) is 50.1 Å². The van der Waals surface area contributed by atoms with Gasteiger partial charge in [0.15, 0.2) is 5.65 Å². The fourth-order valence-electron chi connectivity index (χ4n) is 3.46. The second-order valence-electron chi connectivity index (χ2n) is 6.62. The van der Waals surface area contributed by atoms with E-state index in [4.69, 9.17) is 0 Å². The molecule has 0 spiro atoms. The number of hydrogen-bond acceptors (Lipinski definition) is 5. The zero-order valence-electron chi connectivity index (χ0n) is 14.4. The summed E-state index contributed by atoms with van der Waals surface area (Å²) < 4.78 is 15.2. The number of nitrogens with zero attached hydrogens (tertiary/aromatic N) is 6. The smallest absolute Gasteiger partial charge is 0.168 e. The van der Waals surface area contributed by atoms with Crippen LogP contribution in [0.1, 0.15) is 12.8 Å². The minimum atomic E-state index is -0.293. The summed E-state index contributed by atoms with van der Waals surface area (Å²) in [5, 5.41) is 5.30. The van der Waals surface area contributed by atoms with Crippen LogP contribution in [0.25, 0.3) is 16.7 Å². The Morgan fingerprint density at radius 1 is 1.20 bits per heavy atom. The van der Waals surface area contributed by atoms with Gasteiger partial charge in [0.2, 0.25) is 0 Å². The highest BCUT2D eigenvalue weighted by Crippen LogP contribution is 2.27. The first-order valence-corrected chi connectivity index (χ1v) is 8.49. The second-order valence-corrected chi connectivity index (χ2v) is 6.62. The zero-order valence-corrected chi connectivity index (χ0v) is 14.4. The fraction of sp³-hybridized carbons (Fsp3) is 0.389. The molecule has 0 atom stereocenters. The SMILES string of the molecule is CN1CCC(N(C)c2ncnc3c2cnn3-c2cccc(F)c2)CC1. The van der Waals surface area contributed by atoms with Crippen molar-refractivity contribution in [2.45, 2.75) is 18.9 Å². The molecule has 3 aromatic rings. The lowest BCUT2D eigenvalue weighted by Crippen LogP contribution is -2.42. The number of likely N-dealkylation sites (tertiary alicyclic amines) is 1.